The molecule has 1 amide bonds. The van der Waals surface area contributed by atoms with Crippen molar-refractivity contribution in [2.24, 2.45) is 5.73 Å². The van der Waals surface area contributed by atoms with Crippen molar-refractivity contribution >= 4 is 39.5 Å². The van der Waals surface area contributed by atoms with Crippen LogP contribution >= 0.6 is 11.8 Å². The molecule has 0 aliphatic rings. The number of para-hydroxylation sites is 2. The SMILES string of the molecule is Cc1ccc(-n2c(SCc3nc4ccccc4c(=O)n3CC(N)=O)nc3ccccc3c2=O)cc1C. The number of hydrogen-bond donors (Lipinski definition) is 1. The van der Waals surface area contributed by atoms with Gasteiger partial charge in [0.25, 0.3) is 11.1 Å². The molecule has 2 heterocycles. The van der Waals surface area contributed by atoms with Crippen molar-refractivity contribution in [2.45, 2.75) is 31.3 Å². The molecule has 0 aliphatic heterocycles. The molecule has 3 aromatic carbocycles. The normalized spacial score (nSPS) is 11.3. The van der Waals surface area contributed by atoms with Crippen molar-refractivity contribution in [3.05, 3.63) is 104 Å². The van der Waals surface area contributed by atoms with Crippen LogP contribution in [0.5, 0.6) is 0 Å². The average molecular weight is 498 g/mol. The quantitative estimate of drug-likeness (QED) is 0.284. The van der Waals surface area contributed by atoms with Crippen LogP contribution in [-0.4, -0.2) is 25.0 Å². The van der Waals surface area contributed by atoms with Gasteiger partial charge in [0.2, 0.25) is 5.91 Å². The van der Waals surface area contributed by atoms with Gasteiger partial charge in [-0.05, 0) is 61.4 Å². The first kappa shape index (κ1) is 23.5. The van der Waals surface area contributed by atoms with Crippen LogP contribution < -0.4 is 16.9 Å². The van der Waals surface area contributed by atoms with Gasteiger partial charge in [-0.2, -0.15) is 0 Å². The predicted octanol–water partition coefficient (Wildman–Crippen LogP) is 3.49. The first-order valence-corrected chi connectivity index (χ1v) is 12.3. The summed E-state index contributed by atoms with van der Waals surface area (Å²) in [6, 6.07) is 20.0. The van der Waals surface area contributed by atoms with E-state index in [1.165, 1.54) is 16.3 Å². The molecule has 5 aromatic rings. The zero-order valence-corrected chi connectivity index (χ0v) is 20.6. The van der Waals surface area contributed by atoms with Crippen LogP contribution in [0.4, 0.5) is 0 Å². The molecule has 180 valence electrons. The molecule has 5 rings (SSSR count). The van der Waals surface area contributed by atoms with Gasteiger partial charge in [0.05, 0.1) is 33.2 Å². The predicted molar refractivity (Wildman–Crippen MR) is 142 cm³/mol. The molecular weight excluding hydrogens is 474 g/mol. The summed E-state index contributed by atoms with van der Waals surface area (Å²) in [6.07, 6.45) is 0. The average Bonchev–Trinajstić information content (AvgIpc) is 2.86. The maximum atomic E-state index is 13.6. The number of aromatic nitrogens is 4. The van der Waals surface area contributed by atoms with Crippen LogP contribution in [0.2, 0.25) is 0 Å². The van der Waals surface area contributed by atoms with E-state index in [-0.39, 0.29) is 23.4 Å². The molecule has 2 N–H and O–H groups in total. The summed E-state index contributed by atoms with van der Waals surface area (Å²) >= 11 is 1.27. The molecule has 2 aromatic heterocycles. The van der Waals surface area contributed by atoms with E-state index in [9.17, 15) is 14.4 Å². The molecule has 0 saturated carbocycles. The van der Waals surface area contributed by atoms with E-state index >= 15 is 0 Å². The number of rotatable bonds is 6. The highest BCUT2D eigenvalue weighted by atomic mass is 32.2. The van der Waals surface area contributed by atoms with Crippen molar-refractivity contribution in [1.82, 2.24) is 19.1 Å². The highest BCUT2D eigenvalue weighted by Crippen LogP contribution is 2.25. The van der Waals surface area contributed by atoms with Gasteiger partial charge < -0.3 is 5.73 Å². The van der Waals surface area contributed by atoms with E-state index in [2.05, 4.69) is 4.98 Å². The van der Waals surface area contributed by atoms with E-state index in [0.29, 0.717) is 38.5 Å². The molecule has 0 atom stereocenters. The number of carbonyl (C=O) groups is 1. The Morgan fingerprint density at radius 1 is 0.861 bits per heavy atom. The number of benzene rings is 3. The third-order valence-electron chi connectivity index (χ3n) is 6.08. The lowest BCUT2D eigenvalue weighted by Gasteiger charge is -2.16. The maximum Gasteiger partial charge on any atom is 0.266 e. The summed E-state index contributed by atoms with van der Waals surface area (Å²) in [4.78, 5) is 47.8. The zero-order valence-electron chi connectivity index (χ0n) is 19.8. The van der Waals surface area contributed by atoms with Crippen LogP contribution in [0.25, 0.3) is 27.5 Å². The lowest BCUT2D eigenvalue weighted by molar-refractivity contribution is -0.118. The van der Waals surface area contributed by atoms with Crippen molar-refractivity contribution in [3.63, 3.8) is 0 Å². The number of aryl methyl sites for hydroxylation is 2. The number of thioether (sulfide) groups is 1. The monoisotopic (exact) mass is 497 g/mol. The molecule has 0 spiro atoms. The molecule has 0 radical (unpaired) electrons. The van der Waals surface area contributed by atoms with Crippen LogP contribution in [-0.2, 0) is 17.1 Å². The minimum absolute atomic E-state index is 0.188. The summed E-state index contributed by atoms with van der Waals surface area (Å²) < 4.78 is 2.87. The Hall–Kier alpha value is -4.24. The van der Waals surface area contributed by atoms with Crippen LogP contribution in [0.1, 0.15) is 17.0 Å². The van der Waals surface area contributed by atoms with E-state index < -0.39 is 5.91 Å². The Morgan fingerprint density at radius 2 is 1.50 bits per heavy atom. The van der Waals surface area contributed by atoms with Gasteiger partial charge in [-0.1, -0.05) is 42.1 Å². The largest absolute Gasteiger partial charge is 0.368 e. The third-order valence-corrected chi connectivity index (χ3v) is 7.01. The molecule has 0 aliphatic carbocycles. The van der Waals surface area contributed by atoms with Gasteiger partial charge in [-0.15, -0.1) is 0 Å². The first-order chi connectivity index (χ1) is 17.3. The second-order valence-corrected chi connectivity index (χ2v) is 9.45. The molecule has 8 nitrogen and oxygen atoms in total. The van der Waals surface area contributed by atoms with Gasteiger partial charge in [0, 0.05) is 0 Å². The molecular formula is C27H23N5O3S. The Kier molecular flexibility index (Phi) is 6.15. The van der Waals surface area contributed by atoms with Gasteiger partial charge in [0.15, 0.2) is 5.16 Å². The number of carbonyl (C=O) groups excluding carboxylic acids is 1. The van der Waals surface area contributed by atoms with Crippen molar-refractivity contribution in [2.75, 3.05) is 0 Å². The fourth-order valence-electron chi connectivity index (χ4n) is 4.07. The smallest absolute Gasteiger partial charge is 0.266 e. The molecule has 9 heteroatoms. The number of fused-ring (bicyclic) bond motifs is 2. The number of amides is 1. The first-order valence-electron chi connectivity index (χ1n) is 11.3. The summed E-state index contributed by atoms with van der Waals surface area (Å²) in [7, 11) is 0. The highest BCUT2D eigenvalue weighted by molar-refractivity contribution is 7.98. The summed E-state index contributed by atoms with van der Waals surface area (Å²) in [5.41, 5.74) is 8.87. The van der Waals surface area contributed by atoms with Crippen molar-refractivity contribution in [3.8, 4) is 5.69 Å². The number of nitrogens with two attached hydrogens (primary N) is 1. The Labute approximate surface area is 210 Å². The molecule has 0 unspecified atom stereocenters. The molecule has 0 saturated heterocycles. The Bertz CT molecular complexity index is 1770. The highest BCUT2D eigenvalue weighted by Gasteiger charge is 2.17. The number of hydrogen-bond acceptors (Lipinski definition) is 6. The second-order valence-electron chi connectivity index (χ2n) is 8.51. The summed E-state index contributed by atoms with van der Waals surface area (Å²) in [6.45, 7) is 3.72. The molecule has 36 heavy (non-hydrogen) atoms. The van der Waals surface area contributed by atoms with Crippen molar-refractivity contribution in [1.29, 1.82) is 0 Å². The zero-order chi connectivity index (χ0) is 25.4. The van der Waals surface area contributed by atoms with E-state index in [0.717, 1.165) is 11.1 Å². The fraction of sp³-hybridized carbons (Fsp3) is 0.148. The molecule has 0 fully saturated rings. The Balaban J connectivity index is 1.66. The topological polar surface area (TPSA) is 113 Å². The summed E-state index contributed by atoms with van der Waals surface area (Å²) in [5.74, 6) is -0.0731. The van der Waals surface area contributed by atoms with Gasteiger partial charge in [0.1, 0.15) is 12.4 Å². The number of nitrogens with zero attached hydrogens (tertiary/aromatic N) is 4. The van der Waals surface area contributed by atoms with Crippen molar-refractivity contribution < 1.29 is 4.79 Å². The maximum absolute atomic E-state index is 13.6. The van der Waals surface area contributed by atoms with Crippen LogP contribution in [0, 0.1) is 13.8 Å². The molecule has 0 bridgehead atoms. The number of primary amides is 1. The van der Waals surface area contributed by atoms with E-state index in [1.54, 1.807) is 41.0 Å². The van der Waals surface area contributed by atoms with E-state index in [1.807, 2.05) is 44.2 Å². The second kappa shape index (κ2) is 9.43. The minimum Gasteiger partial charge on any atom is -0.368 e. The lowest BCUT2D eigenvalue weighted by atomic mass is 10.1. The van der Waals surface area contributed by atoms with Crippen LogP contribution in [0.3, 0.4) is 0 Å². The Morgan fingerprint density at radius 3 is 2.17 bits per heavy atom. The van der Waals surface area contributed by atoms with E-state index in [4.69, 9.17) is 10.7 Å². The van der Waals surface area contributed by atoms with Gasteiger partial charge in [-0.25, -0.2) is 9.97 Å². The van der Waals surface area contributed by atoms with Gasteiger partial charge >= 0.3 is 0 Å². The third kappa shape index (κ3) is 4.29. The minimum atomic E-state index is -0.642. The summed E-state index contributed by atoms with van der Waals surface area (Å²) in [5, 5.41) is 1.37. The van der Waals surface area contributed by atoms with Gasteiger partial charge in [-0.3, -0.25) is 23.5 Å². The lowest BCUT2D eigenvalue weighted by Crippen LogP contribution is -2.31. The fourth-order valence-corrected chi connectivity index (χ4v) is 5.03. The standard InChI is InChI=1S/C27H23N5O3S/c1-16-11-12-18(13-17(16)2)32-26(35)20-8-4-6-10-22(20)30-27(32)36-15-24-29-21-9-5-3-7-19(21)25(34)31(24)14-23(28)33/h3-13H,14-15H2,1-2H3,(H2,28,33). The van der Waals surface area contributed by atoms with Crippen LogP contribution in [0.15, 0.2) is 81.5 Å².